The topological polar surface area (TPSA) is 60.9 Å². The van der Waals surface area contributed by atoms with E-state index in [2.05, 4.69) is 0 Å². The van der Waals surface area contributed by atoms with Gasteiger partial charge >= 0.3 is 0 Å². The third-order valence-electron chi connectivity index (χ3n) is 3.90. The number of aliphatic hydroxyl groups is 1. The van der Waals surface area contributed by atoms with Gasteiger partial charge in [-0.05, 0) is 38.5 Å². The van der Waals surface area contributed by atoms with Crippen molar-refractivity contribution in [3.05, 3.63) is 0 Å². The van der Waals surface area contributed by atoms with Crippen molar-refractivity contribution < 1.29 is 13.5 Å². The summed E-state index contributed by atoms with van der Waals surface area (Å²) in [5, 5.41) is 9.50. The highest BCUT2D eigenvalue weighted by Gasteiger charge is 2.34. The average Bonchev–Trinajstić information content (AvgIpc) is 2.83. The molecule has 5 nitrogen and oxygen atoms in total. The number of piperidine rings is 1. The van der Waals surface area contributed by atoms with Crippen molar-refractivity contribution in [2.24, 2.45) is 5.92 Å². The highest BCUT2D eigenvalue weighted by Crippen LogP contribution is 2.25. The second kappa shape index (κ2) is 5.22. The summed E-state index contributed by atoms with van der Waals surface area (Å²) in [6, 6.07) is 0. The van der Waals surface area contributed by atoms with E-state index in [1.54, 1.807) is 15.5 Å². The molecule has 2 fully saturated rings. The van der Waals surface area contributed by atoms with E-state index in [1.807, 2.05) is 0 Å². The quantitative estimate of drug-likeness (QED) is 0.802. The van der Waals surface area contributed by atoms with Crippen LogP contribution in [-0.2, 0) is 10.2 Å². The van der Waals surface area contributed by atoms with Crippen molar-refractivity contribution >= 4 is 10.2 Å². The molecule has 0 spiro atoms. The molecule has 0 aliphatic carbocycles. The standard InChI is InChI=1S/C11H22N2O3S/c1-10(14)11-4-8-13(9-5-11)17(15,16)12-6-2-3-7-12/h10-11,14H,2-9H2,1H3. The largest absolute Gasteiger partial charge is 0.393 e. The van der Waals surface area contributed by atoms with E-state index in [1.165, 1.54) is 0 Å². The molecule has 2 aliphatic rings. The SMILES string of the molecule is CC(O)C1CCN(S(=O)(=O)N2CCCC2)CC1. The number of hydrogen-bond donors (Lipinski definition) is 1. The van der Waals surface area contributed by atoms with Gasteiger partial charge in [-0.1, -0.05) is 0 Å². The van der Waals surface area contributed by atoms with Gasteiger partial charge in [0, 0.05) is 26.2 Å². The van der Waals surface area contributed by atoms with Gasteiger partial charge in [-0.15, -0.1) is 0 Å². The summed E-state index contributed by atoms with van der Waals surface area (Å²) in [6.07, 6.45) is 3.16. The van der Waals surface area contributed by atoms with Crippen molar-refractivity contribution in [1.82, 2.24) is 8.61 Å². The first kappa shape index (κ1) is 13.3. The molecule has 0 radical (unpaired) electrons. The Morgan fingerprint density at radius 3 is 2.00 bits per heavy atom. The van der Waals surface area contributed by atoms with Crippen molar-refractivity contribution in [3.63, 3.8) is 0 Å². The van der Waals surface area contributed by atoms with Gasteiger partial charge in [-0.25, -0.2) is 0 Å². The van der Waals surface area contributed by atoms with Gasteiger partial charge in [0.25, 0.3) is 10.2 Å². The zero-order valence-corrected chi connectivity index (χ0v) is 11.2. The highest BCUT2D eigenvalue weighted by molar-refractivity contribution is 7.86. The molecule has 0 saturated carbocycles. The minimum Gasteiger partial charge on any atom is -0.393 e. The van der Waals surface area contributed by atoms with Crippen LogP contribution in [-0.4, -0.2) is 54.4 Å². The summed E-state index contributed by atoms with van der Waals surface area (Å²) in [7, 11) is -3.23. The molecule has 2 rings (SSSR count). The zero-order valence-electron chi connectivity index (χ0n) is 10.4. The number of hydrogen-bond acceptors (Lipinski definition) is 3. The molecule has 0 amide bonds. The molecule has 2 aliphatic heterocycles. The van der Waals surface area contributed by atoms with Crippen molar-refractivity contribution in [2.45, 2.75) is 38.7 Å². The second-order valence-corrected chi connectivity index (χ2v) is 7.02. The minimum atomic E-state index is -3.23. The molecule has 1 unspecified atom stereocenters. The van der Waals surface area contributed by atoms with Gasteiger partial charge in [-0.2, -0.15) is 17.0 Å². The monoisotopic (exact) mass is 262 g/mol. The van der Waals surface area contributed by atoms with Crippen molar-refractivity contribution in [3.8, 4) is 0 Å². The Morgan fingerprint density at radius 2 is 1.53 bits per heavy atom. The maximum Gasteiger partial charge on any atom is 0.281 e. The molecule has 17 heavy (non-hydrogen) atoms. The second-order valence-electron chi connectivity index (χ2n) is 5.09. The van der Waals surface area contributed by atoms with Crippen LogP contribution in [0.5, 0.6) is 0 Å². The zero-order chi connectivity index (χ0) is 12.5. The molecular formula is C11H22N2O3S. The summed E-state index contributed by atoms with van der Waals surface area (Å²) in [4.78, 5) is 0. The fourth-order valence-electron chi connectivity index (χ4n) is 2.67. The Morgan fingerprint density at radius 1 is 1.06 bits per heavy atom. The molecule has 0 aromatic heterocycles. The molecule has 2 saturated heterocycles. The first-order valence-corrected chi connectivity index (χ1v) is 7.85. The fourth-order valence-corrected chi connectivity index (χ4v) is 4.39. The molecule has 2 heterocycles. The third-order valence-corrected chi connectivity index (χ3v) is 5.93. The summed E-state index contributed by atoms with van der Waals surface area (Å²) in [5.41, 5.74) is 0. The molecular weight excluding hydrogens is 240 g/mol. The van der Waals surface area contributed by atoms with Crippen LogP contribution in [0, 0.1) is 5.92 Å². The Balaban J connectivity index is 1.95. The van der Waals surface area contributed by atoms with E-state index in [0.29, 0.717) is 26.2 Å². The maximum absolute atomic E-state index is 12.3. The predicted molar refractivity (Wildman–Crippen MR) is 65.7 cm³/mol. The van der Waals surface area contributed by atoms with E-state index in [-0.39, 0.29) is 12.0 Å². The van der Waals surface area contributed by atoms with Crippen molar-refractivity contribution in [1.29, 1.82) is 0 Å². The normalized spacial score (nSPS) is 27.4. The van der Waals surface area contributed by atoms with E-state index in [0.717, 1.165) is 25.7 Å². The van der Waals surface area contributed by atoms with Crippen LogP contribution in [0.4, 0.5) is 0 Å². The van der Waals surface area contributed by atoms with Crippen LogP contribution < -0.4 is 0 Å². The van der Waals surface area contributed by atoms with Crippen LogP contribution in [0.25, 0.3) is 0 Å². The van der Waals surface area contributed by atoms with Crippen LogP contribution >= 0.6 is 0 Å². The van der Waals surface area contributed by atoms with Gasteiger partial charge in [0.1, 0.15) is 0 Å². The van der Waals surface area contributed by atoms with Gasteiger partial charge in [0.15, 0.2) is 0 Å². The van der Waals surface area contributed by atoms with Crippen LogP contribution in [0.1, 0.15) is 32.6 Å². The molecule has 1 N–H and O–H groups in total. The Labute approximate surface area is 104 Å². The maximum atomic E-state index is 12.3. The average molecular weight is 262 g/mol. The lowest BCUT2D eigenvalue weighted by Gasteiger charge is -2.34. The molecule has 1 atom stereocenters. The smallest absolute Gasteiger partial charge is 0.281 e. The summed E-state index contributed by atoms with van der Waals surface area (Å²) < 4.78 is 27.7. The van der Waals surface area contributed by atoms with E-state index in [9.17, 15) is 13.5 Å². The van der Waals surface area contributed by atoms with Gasteiger partial charge < -0.3 is 5.11 Å². The molecule has 6 heteroatoms. The molecule has 100 valence electrons. The summed E-state index contributed by atoms with van der Waals surface area (Å²) >= 11 is 0. The first-order chi connectivity index (χ1) is 8.01. The van der Waals surface area contributed by atoms with Crippen LogP contribution in [0.3, 0.4) is 0 Å². The lowest BCUT2D eigenvalue weighted by atomic mass is 9.93. The van der Waals surface area contributed by atoms with Gasteiger partial charge in [0.2, 0.25) is 0 Å². The Hall–Kier alpha value is -0.170. The van der Waals surface area contributed by atoms with Gasteiger partial charge in [-0.3, -0.25) is 0 Å². The van der Waals surface area contributed by atoms with E-state index >= 15 is 0 Å². The van der Waals surface area contributed by atoms with Crippen molar-refractivity contribution in [2.75, 3.05) is 26.2 Å². The summed E-state index contributed by atoms with van der Waals surface area (Å²) in [5.74, 6) is 0.250. The summed E-state index contributed by atoms with van der Waals surface area (Å²) in [6.45, 7) is 4.22. The minimum absolute atomic E-state index is 0.250. The van der Waals surface area contributed by atoms with Crippen LogP contribution in [0.2, 0.25) is 0 Å². The lowest BCUT2D eigenvalue weighted by molar-refractivity contribution is 0.0900. The van der Waals surface area contributed by atoms with E-state index in [4.69, 9.17) is 0 Å². The molecule has 0 aromatic rings. The first-order valence-electron chi connectivity index (χ1n) is 6.45. The Bertz CT molecular complexity index is 342. The van der Waals surface area contributed by atoms with Crippen LogP contribution in [0.15, 0.2) is 0 Å². The number of aliphatic hydroxyl groups excluding tert-OH is 1. The predicted octanol–water partition coefficient (Wildman–Crippen LogP) is 0.420. The number of nitrogens with zero attached hydrogens (tertiary/aromatic N) is 2. The lowest BCUT2D eigenvalue weighted by Crippen LogP contribution is -2.47. The number of rotatable bonds is 3. The fraction of sp³-hybridized carbons (Fsp3) is 1.00. The van der Waals surface area contributed by atoms with E-state index < -0.39 is 10.2 Å². The molecule has 0 aromatic carbocycles. The molecule has 0 bridgehead atoms. The highest BCUT2D eigenvalue weighted by atomic mass is 32.2. The third kappa shape index (κ3) is 2.81. The van der Waals surface area contributed by atoms with Gasteiger partial charge in [0.05, 0.1) is 6.10 Å². The Kier molecular flexibility index (Phi) is 4.07.